The summed E-state index contributed by atoms with van der Waals surface area (Å²) < 4.78 is 12.5. The van der Waals surface area contributed by atoms with Gasteiger partial charge in [-0.25, -0.2) is 4.79 Å². The number of hydrogen-bond acceptors (Lipinski definition) is 5. The van der Waals surface area contributed by atoms with Crippen molar-refractivity contribution in [3.05, 3.63) is 63.6 Å². The highest BCUT2D eigenvalue weighted by Gasteiger charge is 2.54. The third-order valence-corrected chi connectivity index (χ3v) is 6.72. The molecule has 1 saturated heterocycles. The van der Waals surface area contributed by atoms with Crippen LogP contribution in [0.5, 0.6) is 5.75 Å². The van der Waals surface area contributed by atoms with Gasteiger partial charge in [0.15, 0.2) is 11.4 Å². The summed E-state index contributed by atoms with van der Waals surface area (Å²) >= 11 is 0. The molecule has 7 nitrogen and oxygen atoms in total. The normalized spacial score (nSPS) is 24.2. The fraction of sp³-hybridized carbons (Fsp3) is 0.435. The van der Waals surface area contributed by atoms with E-state index in [0.29, 0.717) is 12.5 Å². The summed E-state index contributed by atoms with van der Waals surface area (Å²) in [6.07, 6.45) is 5.60. The van der Waals surface area contributed by atoms with Crippen molar-refractivity contribution in [1.29, 1.82) is 0 Å². The van der Waals surface area contributed by atoms with Crippen LogP contribution in [0.4, 0.5) is 0 Å². The molecule has 1 spiro atoms. The number of pyridine rings is 1. The third kappa shape index (κ3) is 2.83. The molecule has 1 aromatic carbocycles. The number of amides is 1. The van der Waals surface area contributed by atoms with Gasteiger partial charge in [0.25, 0.3) is 5.91 Å². The zero-order valence-corrected chi connectivity index (χ0v) is 16.9. The SMILES string of the molecule is COC(=O)c1cn2c(c(OCc3ccccc3)c1=O)C(=O)N1C[C@H]3CCC[C@@]1(C3)C2. The third-order valence-electron chi connectivity index (χ3n) is 6.72. The molecule has 2 fully saturated rings. The van der Waals surface area contributed by atoms with Crippen LogP contribution in [0.1, 0.15) is 52.1 Å². The molecular formula is C23H24N2O5. The van der Waals surface area contributed by atoms with Gasteiger partial charge in [-0.1, -0.05) is 36.8 Å². The van der Waals surface area contributed by atoms with Crippen LogP contribution in [0.2, 0.25) is 0 Å². The predicted octanol–water partition coefficient (Wildman–Crippen LogP) is 2.61. The van der Waals surface area contributed by atoms with Crippen molar-refractivity contribution < 1.29 is 19.1 Å². The van der Waals surface area contributed by atoms with Gasteiger partial charge in [0.05, 0.1) is 12.6 Å². The minimum Gasteiger partial charge on any atom is -0.483 e. The minimum atomic E-state index is -0.722. The van der Waals surface area contributed by atoms with Crippen LogP contribution in [0.15, 0.2) is 41.3 Å². The second-order valence-corrected chi connectivity index (χ2v) is 8.55. The maximum Gasteiger partial charge on any atom is 0.343 e. The van der Waals surface area contributed by atoms with Crippen molar-refractivity contribution >= 4 is 11.9 Å². The number of fused-ring (bicyclic) bond motifs is 2. The molecule has 1 amide bonds. The Bertz CT molecular complexity index is 1080. The number of nitrogens with zero attached hydrogens (tertiary/aromatic N) is 2. The number of ether oxygens (including phenoxy) is 2. The minimum absolute atomic E-state index is 0.0666. The van der Waals surface area contributed by atoms with Crippen LogP contribution < -0.4 is 10.2 Å². The quantitative estimate of drug-likeness (QED) is 0.727. The number of esters is 1. The Labute approximate surface area is 174 Å². The maximum atomic E-state index is 13.5. The van der Waals surface area contributed by atoms with Gasteiger partial charge in [-0.3, -0.25) is 9.59 Å². The fourth-order valence-electron chi connectivity index (χ4n) is 5.39. The van der Waals surface area contributed by atoms with E-state index in [1.165, 1.54) is 13.3 Å². The van der Waals surface area contributed by atoms with E-state index < -0.39 is 11.4 Å². The first-order chi connectivity index (χ1) is 14.5. The molecule has 0 N–H and O–H groups in total. The summed E-state index contributed by atoms with van der Waals surface area (Å²) in [7, 11) is 1.24. The van der Waals surface area contributed by atoms with Crippen LogP contribution in [-0.2, 0) is 17.9 Å². The van der Waals surface area contributed by atoms with Crippen LogP contribution >= 0.6 is 0 Å². The number of carbonyl (C=O) groups is 2. The first-order valence-electron chi connectivity index (χ1n) is 10.4. The summed E-state index contributed by atoms with van der Waals surface area (Å²) in [5.74, 6) is -0.469. The Hall–Kier alpha value is -3.09. The van der Waals surface area contributed by atoms with Gasteiger partial charge in [-0.05, 0) is 30.7 Å². The average molecular weight is 408 g/mol. The Morgan fingerprint density at radius 1 is 1.23 bits per heavy atom. The van der Waals surface area contributed by atoms with Crippen molar-refractivity contribution in [2.24, 2.45) is 5.92 Å². The lowest BCUT2D eigenvalue weighted by atomic mass is 9.79. The summed E-state index contributed by atoms with van der Waals surface area (Å²) in [4.78, 5) is 40.9. The number of carbonyl (C=O) groups excluding carboxylic acids is 2. The molecule has 5 rings (SSSR count). The first kappa shape index (κ1) is 18.9. The van der Waals surface area contributed by atoms with Gasteiger partial charge in [-0.15, -0.1) is 0 Å². The fourth-order valence-corrected chi connectivity index (χ4v) is 5.39. The molecule has 1 saturated carbocycles. The molecule has 2 atom stereocenters. The Morgan fingerprint density at radius 2 is 2.03 bits per heavy atom. The zero-order valence-electron chi connectivity index (χ0n) is 16.9. The standard InChI is InChI=1S/C23H24N2O5/c1-29-22(28)17-12-24-14-23-9-5-8-16(10-23)11-25(23)21(27)18(24)20(19(17)26)30-13-15-6-3-2-4-7-15/h2-4,6-7,12,16H,5,8-11,13-14H2,1H3/t16-,23+/m0/s1. The van der Waals surface area contributed by atoms with E-state index in [4.69, 9.17) is 9.47 Å². The highest BCUT2D eigenvalue weighted by Crippen LogP contribution is 2.48. The molecule has 1 aromatic heterocycles. The van der Waals surface area contributed by atoms with Crippen molar-refractivity contribution in [3.8, 4) is 5.75 Å². The number of methoxy groups -OCH3 is 1. The van der Waals surface area contributed by atoms with E-state index in [-0.39, 0.29) is 35.1 Å². The molecule has 3 aliphatic rings. The molecule has 2 bridgehead atoms. The van der Waals surface area contributed by atoms with Crippen LogP contribution in [0, 0.1) is 5.92 Å². The maximum absolute atomic E-state index is 13.5. The van der Waals surface area contributed by atoms with Gasteiger partial charge in [0.1, 0.15) is 12.2 Å². The Balaban J connectivity index is 1.62. The molecule has 1 aliphatic carbocycles. The molecule has 0 radical (unpaired) electrons. The Morgan fingerprint density at radius 3 is 2.80 bits per heavy atom. The van der Waals surface area contributed by atoms with E-state index in [9.17, 15) is 14.4 Å². The molecule has 0 unspecified atom stereocenters. The summed E-state index contributed by atoms with van der Waals surface area (Å²) in [6.45, 7) is 1.43. The topological polar surface area (TPSA) is 77.8 Å². The van der Waals surface area contributed by atoms with E-state index in [1.807, 2.05) is 35.2 Å². The number of rotatable bonds is 4. The van der Waals surface area contributed by atoms with Gasteiger partial charge < -0.3 is 18.9 Å². The summed E-state index contributed by atoms with van der Waals surface area (Å²) in [5, 5.41) is 0. The molecule has 2 aliphatic heterocycles. The molecular weight excluding hydrogens is 384 g/mol. The Kier molecular flexibility index (Phi) is 4.41. The second-order valence-electron chi connectivity index (χ2n) is 8.55. The van der Waals surface area contributed by atoms with Gasteiger partial charge in [-0.2, -0.15) is 0 Å². The predicted molar refractivity (Wildman–Crippen MR) is 109 cm³/mol. The van der Waals surface area contributed by atoms with E-state index in [1.54, 1.807) is 4.57 Å². The van der Waals surface area contributed by atoms with E-state index in [0.717, 1.165) is 37.8 Å². The van der Waals surface area contributed by atoms with Gasteiger partial charge >= 0.3 is 5.97 Å². The van der Waals surface area contributed by atoms with Crippen LogP contribution in [0.25, 0.3) is 0 Å². The molecule has 3 heterocycles. The lowest BCUT2D eigenvalue weighted by molar-refractivity contribution is 0.0412. The van der Waals surface area contributed by atoms with Crippen molar-refractivity contribution in [3.63, 3.8) is 0 Å². The summed E-state index contributed by atoms with van der Waals surface area (Å²) in [5.41, 5.74) is 0.173. The molecule has 2 aromatic rings. The summed E-state index contributed by atoms with van der Waals surface area (Å²) in [6, 6.07) is 9.42. The van der Waals surface area contributed by atoms with Gasteiger partial charge in [0.2, 0.25) is 5.43 Å². The first-order valence-corrected chi connectivity index (χ1v) is 10.4. The molecule has 156 valence electrons. The second kappa shape index (κ2) is 7.00. The van der Waals surface area contributed by atoms with Crippen LogP contribution in [-0.4, -0.2) is 40.5 Å². The zero-order chi connectivity index (χ0) is 20.9. The van der Waals surface area contributed by atoms with Crippen molar-refractivity contribution in [2.45, 2.75) is 44.4 Å². The highest BCUT2D eigenvalue weighted by molar-refractivity contribution is 5.98. The monoisotopic (exact) mass is 408 g/mol. The van der Waals surface area contributed by atoms with Crippen molar-refractivity contribution in [1.82, 2.24) is 9.47 Å². The lowest BCUT2D eigenvalue weighted by Gasteiger charge is -2.44. The van der Waals surface area contributed by atoms with Gasteiger partial charge in [0, 0.05) is 19.3 Å². The van der Waals surface area contributed by atoms with Crippen molar-refractivity contribution in [2.75, 3.05) is 13.7 Å². The number of hydrogen-bond donors (Lipinski definition) is 0. The average Bonchev–Trinajstić information content (AvgIpc) is 3.02. The van der Waals surface area contributed by atoms with Crippen LogP contribution in [0.3, 0.4) is 0 Å². The smallest absolute Gasteiger partial charge is 0.343 e. The molecule has 30 heavy (non-hydrogen) atoms. The highest BCUT2D eigenvalue weighted by atomic mass is 16.5. The lowest BCUT2D eigenvalue weighted by Crippen LogP contribution is -2.55. The van der Waals surface area contributed by atoms with E-state index in [2.05, 4.69) is 0 Å². The van der Waals surface area contributed by atoms with E-state index >= 15 is 0 Å². The molecule has 7 heteroatoms. The number of benzene rings is 1. The largest absolute Gasteiger partial charge is 0.483 e. The number of aromatic nitrogens is 1.